The first-order valence-corrected chi connectivity index (χ1v) is 6.63. The fourth-order valence-corrected chi connectivity index (χ4v) is 2.14. The lowest BCUT2D eigenvalue weighted by molar-refractivity contribution is -0.121. The predicted molar refractivity (Wildman–Crippen MR) is 70.7 cm³/mol. The molecule has 0 aromatic carbocycles. The van der Waals surface area contributed by atoms with Crippen molar-refractivity contribution in [3.8, 4) is 0 Å². The largest absolute Gasteiger partial charge is 0.394 e. The summed E-state index contributed by atoms with van der Waals surface area (Å²) in [5, 5.41) is 14.1. The van der Waals surface area contributed by atoms with Crippen molar-refractivity contribution in [2.75, 3.05) is 13.2 Å². The molecule has 0 saturated heterocycles. The van der Waals surface area contributed by atoms with Crippen LogP contribution < -0.4 is 10.6 Å². The summed E-state index contributed by atoms with van der Waals surface area (Å²) in [4.78, 5) is 24.8. The molecule has 6 heteroatoms. The Hall–Kier alpha value is -1.40. The van der Waals surface area contributed by atoms with Crippen LogP contribution in [0.25, 0.3) is 0 Å². The van der Waals surface area contributed by atoms with Crippen LogP contribution in [-0.4, -0.2) is 36.1 Å². The lowest BCUT2D eigenvalue weighted by atomic mass is 10.2. The summed E-state index contributed by atoms with van der Waals surface area (Å²) >= 11 is 1.39. The molecule has 0 unspecified atom stereocenters. The highest BCUT2D eigenvalue weighted by Gasteiger charge is 2.12. The van der Waals surface area contributed by atoms with E-state index in [1.54, 1.807) is 6.07 Å². The number of carbonyl (C=O) groups is 2. The number of thiophene rings is 1. The number of aliphatic hydroxyl groups excluding tert-OH is 1. The Kier molecular flexibility index (Phi) is 5.80. The maximum atomic E-state index is 11.7. The number of aryl methyl sites for hydroxylation is 1. The Morgan fingerprint density at radius 3 is 2.67 bits per heavy atom. The summed E-state index contributed by atoms with van der Waals surface area (Å²) in [5.74, 6) is -0.544. The van der Waals surface area contributed by atoms with Crippen molar-refractivity contribution < 1.29 is 14.7 Å². The van der Waals surface area contributed by atoms with Gasteiger partial charge < -0.3 is 15.7 Å². The molecule has 0 saturated carbocycles. The quantitative estimate of drug-likeness (QED) is 0.711. The maximum Gasteiger partial charge on any atom is 0.261 e. The van der Waals surface area contributed by atoms with Crippen LogP contribution in [0.15, 0.2) is 12.1 Å². The molecule has 2 amide bonds. The van der Waals surface area contributed by atoms with Crippen molar-refractivity contribution in [2.24, 2.45) is 0 Å². The number of aliphatic hydroxyl groups is 1. The van der Waals surface area contributed by atoms with Gasteiger partial charge in [0.25, 0.3) is 5.91 Å². The Morgan fingerprint density at radius 2 is 2.17 bits per heavy atom. The van der Waals surface area contributed by atoms with Gasteiger partial charge in [0.05, 0.1) is 24.1 Å². The van der Waals surface area contributed by atoms with Gasteiger partial charge in [0, 0.05) is 4.88 Å². The van der Waals surface area contributed by atoms with Crippen LogP contribution >= 0.6 is 11.3 Å². The molecule has 100 valence electrons. The summed E-state index contributed by atoms with van der Waals surface area (Å²) in [5.41, 5.74) is 0. The molecule has 1 heterocycles. The zero-order chi connectivity index (χ0) is 13.5. The average Bonchev–Trinajstić information content (AvgIpc) is 2.79. The monoisotopic (exact) mass is 270 g/mol. The molecule has 5 nitrogen and oxygen atoms in total. The highest BCUT2D eigenvalue weighted by Crippen LogP contribution is 2.14. The van der Waals surface area contributed by atoms with E-state index in [1.165, 1.54) is 11.3 Å². The third kappa shape index (κ3) is 4.46. The number of hydrogen-bond donors (Lipinski definition) is 3. The number of nitrogens with one attached hydrogen (secondary N) is 2. The average molecular weight is 270 g/mol. The molecular formula is C12H18N2O3S. The van der Waals surface area contributed by atoms with Gasteiger partial charge in [-0.05, 0) is 25.5 Å². The maximum absolute atomic E-state index is 11.7. The van der Waals surface area contributed by atoms with E-state index in [4.69, 9.17) is 5.11 Å². The Labute approximate surface area is 110 Å². The molecule has 1 rings (SSSR count). The van der Waals surface area contributed by atoms with E-state index in [-0.39, 0.29) is 31.0 Å². The second-order valence-electron chi connectivity index (χ2n) is 3.95. The van der Waals surface area contributed by atoms with Crippen LogP contribution in [0.3, 0.4) is 0 Å². The van der Waals surface area contributed by atoms with Gasteiger partial charge in [0.1, 0.15) is 0 Å². The summed E-state index contributed by atoms with van der Waals surface area (Å²) in [6.07, 6.45) is 0.653. The third-order valence-electron chi connectivity index (χ3n) is 2.45. The van der Waals surface area contributed by atoms with Gasteiger partial charge in [-0.15, -0.1) is 11.3 Å². The first kappa shape index (κ1) is 14.7. The highest BCUT2D eigenvalue weighted by molar-refractivity contribution is 7.13. The Morgan fingerprint density at radius 1 is 1.44 bits per heavy atom. The van der Waals surface area contributed by atoms with Gasteiger partial charge >= 0.3 is 0 Å². The number of hydrogen-bond acceptors (Lipinski definition) is 4. The van der Waals surface area contributed by atoms with Crippen molar-refractivity contribution in [2.45, 2.75) is 26.3 Å². The molecule has 0 bridgehead atoms. The van der Waals surface area contributed by atoms with E-state index in [2.05, 4.69) is 10.6 Å². The molecule has 1 aromatic heterocycles. The molecule has 0 aliphatic rings. The standard InChI is InChI=1S/C12H18N2O3S/c1-3-9(7-15)14-11(16)6-13-12(17)10-5-4-8(2)18-10/h4-5,9,15H,3,6-7H2,1-2H3,(H,13,17)(H,14,16)/t9-/m1/s1. The smallest absolute Gasteiger partial charge is 0.261 e. The highest BCUT2D eigenvalue weighted by atomic mass is 32.1. The molecule has 0 spiro atoms. The zero-order valence-electron chi connectivity index (χ0n) is 10.5. The first-order valence-electron chi connectivity index (χ1n) is 5.81. The topological polar surface area (TPSA) is 78.4 Å². The van der Waals surface area contributed by atoms with Crippen molar-refractivity contribution in [1.29, 1.82) is 0 Å². The van der Waals surface area contributed by atoms with Gasteiger partial charge in [-0.1, -0.05) is 6.92 Å². The normalized spacial score (nSPS) is 11.9. The van der Waals surface area contributed by atoms with E-state index in [1.807, 2.05) is 19.9 Å². The third-order valence-corrected chi connectivity index (χ3v) is 3.45. The fourth-order valence-electron chi connectivity index (χ4n) is 1.36. The van der Waals surface area contributed by atoms with E-state index in [0.29, 0.717) is 11.3 Å². The van der Waals surface area contributed by atoms with Crippen LogP contribution in [0.2, 0.25) is 0 Å². The molecule has 1 aromatic rings. The minimum absolute atomic E-state index is 0.0771. The zero-order valence-corrected chi connectivity index (χ0v) is 11.3. The molecule has 0 radical (unpaired) electrons. The van der Waals surface area contributed by atoms with Crippen LogP contribution in [0.4, 0.5) is 0 Å². The van der Waals surface area contributed by atoms with E-state index in [9.17, 15) is 9.59 Å². The minimum atomic E-state index is -0.294. The van der Waals surface area contributed by atoms with Crippen molar-refractivity contribution in [3.05, 3.63) is 21.9 Å². The van der Waals surface area contributed by atoms with Crippen LogP contribution in [-0.2, 0) is 4.79 Å². The predicted octanol–water partition coefficient (Wildman–Crippen LogP) is 0.673. The Bertz CT molecular complexity index is 413. The van der Waals surface area contributed by atoms with Crippen LogP contribution in [0, 0.1) is 6.92 Å². The molecule has 0 aliphatic carbocycles. The van der Waals surface area contributed by atoms with Gasteiger partial charge in [-0.25, -0.2) is 0 Å². The van der Waals surface area contributed by atoms with Crippen molar-refractivity contribution in [3.63, 3.8) is 0 Å². The molecule has 0 fully saturated rings. The summed E-state index contributed by atoms with van der Waals surface area (Å²) in [6, 6.07) is 3.34. The molecule has 0 aliphatic heterocycles. The summed E-state index contributed by atoms with van der Waals surface area (Å²) in [6.45, 7) is 3.61. The first-order chi connectivity index (χ1) is 8.56. The number of carbonyl (C=O) groups excluding carboxylic acids is 2. The Balaban J connectivity index is 2.36. The fraction of sp³-hybridized carbons (Fsp3) is 0.500. The summed E-state index contributed by atoms with van der Waals surface area (Å²) < 4.78 is 0. The van der Waals surface area contributed by atoms with Gasteiger partial charge in [-0.3, -0.25) is 9.59 Å². The van der Waals surface area contributed by atoms with E-state index in [0.717, 1.165) is 4.88 Å². The van der Waals surface area contributed by atoms with Crippen LogP contribution in [0.5, 0.6) is 0 Å². The lowest BCUT2D eigenvalue weighted by Crippen LogP contribution is -2.43. The summed E-state index contributed by atoms with van der Waals surface area (Å²) in [7, 11) is 0. The van der Waals surface area contributed by atoms with E-state index >= 15 is 0 Å². The second kappa shape index (κ2) is 7.13. The number of amides is 2. The van der Waals surface area contributed by atoms with Gasteiger partial charge in [-0.2, -0.15) is 0 Å². The lowest BCUT2D eigenvalue weighted by Gasteiger charge is -2.13. The molecule has 18 heavy (non-hydrogen) atoms. The number of rotatable bonds is 6. The second-order valence-corrected chi connectivity index (χ2v) is 5.24. The SMILES string of the molecule is CC[C@H](CO)NC(=O)CNC(=O)c1ccc(C)s1. The van der Waals surface area contributed by atoms with E-state index < -0.39 is 0 Å². The van der Waals surface area contributed by atoms with Gasteiger partial charge in [0.15, 0.2) is 0 Å². The molecular weight excluding hydrogens is 252 g/mol. The molecule has 1 atom stereocenters. The molecule has 3 N–H and O–H groups in total. The van der Waals surface area contributed by atoms with Crippen LogP contribution in [0.1, 0.15) is 27.9 Å². The minimum Gasteiger partial charge on any atom is -0.394 e. The van der Waals surface area contributed by atoms with Crippen molar-refractivity contribution in [1.82, 2.24) is 10.6 Å². The van der Waals surface area contributed by atoms with Gasteiger partial charge in [0.2, 0.25) is 5.91 Å². The van der Waals surface area contributed by atoms with Crippen molar-refractivity contribution >= 4 is 23.2 Å².